The average Bonchev–Trinajstić information content (AvgIpc) is 2.32. The predicted molar refractivity (Wildman–Crippen MR) is 40.2 cm³/mol. The molecule has 2 rings (SSSR count). The molecule has 5 heteroatoms. The molecule has 0 aliphatic heterocycles. The molecule has 0 spiro atoms. The van der Waals surface area contributed by atoms with Gasteiger partial charge in [0.25, 0.3) is 0 Å². The number of hydrogen-bond acceptors (Lipinski definition) is 3. The average molecular weight is 150 g/mol. The molecule has 2 aromatic rings. The van der Waals surface area contributed by atoms with Gasteiger partial charge >= 0.3 is 0 Å². The lowest BCUT2D eigenvalue weighted by Crippen LogP contribution is -2.00. The second-order valence-electron chi connectivity index (χ2n) is 2.20. The smallest absolute Gasteiger partial charge is 0.223 e. The number of H-pyrrole nitrogens is 1. The summed E-state index contributed by atoms with van der Waals surface area (Å²) in [5, 5.41) is 6.33. The second kappa shape index (κ2) is 1.85. The molecule has 0 amide bonds. The van der Waals surface area contributed by atoms with Gasteiger partial charge in [0.05, 0.1) is 0 Å². The Labute approximate surface area is 61.5 Å². The molecule has 11 heavy (non-hydrogen) atoms. The van der Waals surface area contributed by atoms with Crippen LogP contribution in [0.2, 0.25) is 0 Å². The van der Waals surface area contributed by atoms with Crippen molar-refractivity contribution in [1.29, 1.82) is 0 Å². The van der Waals surface area contributed by atoms with Crippen molar-refractivity contribution in [2.24, 2.45) is 0 Å². The minimum atomic E-state index is -0.0614. The standard InChI is InChI=1S/C6H6N4O/c7-6-9-8-5-3-4(11)1-2-10(5)6/h1-3,8H,(H2,7,9). The molecule has 0 aliphatic carbocycles. The molecular formula is C6H6N4O. The van der Waals surface area contributed by atoms with E-state index in [0.29, 0.717) is 11.6 Å². The number of pyridine rings is 1. The molecular weight excluding hydrogens is 144 g/mol. The molecule has 2 heterocycles. The summed E-state index contributed by atoms with van der Waals surface area (Å²) in [7, 11) is 0. The lowest BCUT2D eigenvalue weighted by atomic mass is 10.5. The highest BCUT2D eigenvalue weighted by atomic mass is 16.1. The van der Waals surface area contributed by atoms with E-state index >= 15 is 0 Å². The number of nitrogens with zero attached hydrogens (tertiary/aromatic N) is 2. The van der Waals surface area contributed by atoms with Crippen molar-refractivity contribution < 1.29 is 0 Å². The molecule has 3 N–H and O–H groups in total. The molecule has 2 aromatic heterocycles. The van der Waals surface area contributed by atoms with E-state index in [0.717, 1.165) is 0 Å². The quantitative estimate of drug-likeness (QED) is 0.536. The first kappa shape index (κ1) is 5.96. The van der Waals surface area contributed by atoms with Crippen LogP contribution in [0.4, 0.5) is 5.95 Å². The fourth-order valence-electron chi connectivity index (χ4n) is 0.935. The van der Waals surface area contributed by atoms with Gasteiger partial charge in [0, 0.05) is 18.3 Å². The summed E-state index contributed by atoms with van der Waals surface area (Å²) in [5.41, 5.74) is 5.99. The van der Waals surface area contributed by atoms with Crippen LogP contribution in [-0.2, 0) is 0 Å². The van der Waals surface area contributed by atoms with Crippen LogP contribution < -0.4 is 11.2 Å². The van der Waals surface area contributed by atoms with E-state index < -0.39 is 0 Å². The summed E-state index contributed by atoms with van der Waals surface area (Å²) in [4.78, 5) is 10.8. The molecule has 56 valence electrons. The number of nitrogens with one attached hydrogen (secondary N) is 1. The summed E-state index contributed by atoms with van der Waals surface area (Å²) in [6.45, 7) is 0. The van der Waals surface area contributed by atoms with Crippen molar-refractivity contribution in [1.82, 2.24) is 14.6 Å². The summed E-state index contributed by atoms with van der Waals surface area (Å²) < 4.78 is 1.60. The molecule has 0 saturated heterocycles. The fourth-order valence-corrected chi connectivity index (χ4v) is 0.935. The maximum atomic E-state index is 10.8. The van der Waals surface area contributed by atoms with Gasteiger partial charge in [-0.3, -0.25) is 14.3 Å². The summed E-state index contributed by atoms with van der Waals surface area (Å²) >= 11 is 0. The lowest BCUT2D eigenvalue weighted by molar-refractivity contribution is 1.12. The van der Waals surface area contributed by atoms with E-state index in [1.54, 1.807) is 10.6 Å². The van der Waals surface area contributed by atoms with Gasteiger partial charge in [0.1, 0.15) is 5.65 Å². The van der Waals surface area contributed by atoms with E-state index in [4.69, 9.17) is 5.73 Å². The molecule has 0 fully saturated rings. The number of aromatic nitrogens is 3. The Morgan fingerprint density at radius 3 is 3.27 bits per heavy atom. The second-order valence-corrected chi connectivity index (χ2v) is 2.20. The largest absolute Gasteiger partial charge is 0.368 e. The highest BCUT2D eigenvalue weighted by Gasteiger charge is 1.97. The zero-order chi connectivity index (χ0) is 7.84. The third-order valence-corrected chi connectivity index (χ3v) is 1.46. The van der Waals surface area contributed by atoms with Crippen LogP contribution in [0.25, 0.3) is 5.65 Å². The van der Waals surface area contributed by atoms with E-state index in [9.17, 15) is 4.79 Å². The van der Waals surface area contributed by atoms with Gasteiger partial charge in [0.2, 0.25) is 5.95 Å². The minimum Gasteiger partial charge on any atom is -0.368 e. The molecule has 0 unspecified atom stereocenters. The number of rotatable bonds is 0. The van der Waals surface area contributed by atoms with Gasteiger partial charge in [-0.2, -0.15) is 0 Å². The number of aromatic amines is 1. The molecule has 0 radical (unpaired) electrons. The van der Waals surface area contributed by atoms with Crippen LogP contribution in [-0.4, -0.2) is 14.6 Å². The number of nitrogens with two attached hydrogens (primary N) is 1. The predicted octanol–water partition coefficient (Wildman–Crippen LogP) is -0.395. The van der Waals surface area contributed by atoms with E-state index in [1.165, 1.54) is 12.1 Å². The fraction of sp³-hybridized carbons (Fsp3) is 0. The van der Waals surface area contributed by atoms with Crippen molar-refractivity contribution in [3.05, 3.63) is 28.6 Å². The Bertz CT molecular complexity index is 441. The topological polar surface area (TPSA) is 76.2 Å². The Morgan fingerprint density at radius 1 is 1.64 bits per heavy atom. The third-order valence-electron chi connectivity index (χ3n) is 1.46. The van der Waals surface area contributed by atoms with E-state index in [1.807, 2.05) is 0 Å². The van der Waals surface area contributed by atoms with Crippen molar-refractivity contribution in [3.63, 3.8) is 0 Å². The molecule has 5 nitrogen and oxygen atoms in total. The van der Waals surface area contributed by atoms with Crippen LogP contribution in [0, 0.1) is 0 Å². The summed E-state index contributed by atoms with van der Waals surface area (Å²) in [6, 6.07) is 2.86. The van der Waals surface area contributed by atoms with Crippen LogP contribution in [0.3, 0.4) is 0 Å². The van der Waals surface area contributed by atoms with Gasteiger partial charge in [-0.1, -0.05) is 0 Å². The van der Waals surface area contributed by atoms with Crippen molar-refractivity contribution in [2.75, 3.05) is 5.73 Å². The Morgan fingerprint density at radius 2 is 2.45 bits per heavy atom. The number of anilines is 1. The Kier molecular flexibility index (Phi) is 1.00. The van der Waals surface area contributed by atoms with Crippen LogP contribution in [0.15, 0.2) is 23.1 Å². The Hall–Kier alpha value is -1.78. The van der Waals surface area contributed by atoms with Gasteiger partial charge < -0.3 is 5.73 Å². The van der Waals surface area contributed by atoms with E-state index in [2.05, 4.69) is 10.2 Å². The monoisotopic (exact) mass is 150 g/mol. The zero-order valence-corrected chi connectivity index (χ0v) is 5.61. The van der Waals surface area contributed by atoms with Gasteiger partial charge in [0.15, 0.2) is 5.43 Å². The maximum Gasteiger partial charge on any atom is 0.223 e. The molecule has 0 aliphatic rings. The maximum absolute atomic E-state index is 10.8. The molecule has 0 saturated carbocycles. The normalized spacial score (nSPS) is 10.5. The summed E-state index contributed by atoms with van der Waals surface area (Å²) in [5.74, 6) is 0.347. The molecule has 0 atom stereocenters. The molecule has 0 aromatic carbocycles. The van der Waals surface area contributed by atoms with E-state index in [-0.39, 0.29) is 5.43 Å². The first-order valence-electron chi connectivity index (χ1n) is 3.09. The number of nitrogen functional groups attached to an aromatic ring is 1. The number of fused-ring (bicyclic) bond motifs is 1. The number of hydrogen-bond donors (Lipinski definition) is 2. The van der Waals surface area contributed by atoms with Crippen LogP contribution >= 0.6 is 0 Å². The van der Waals surface area contributed by atoms with Gasteiger partial charge in [-0.05, 0) is 0 Å². The molecule has 0 bridgehead atoms. The highest BCUT2D eigenvalue weighted by Crippen LogP contribution is 1.99. The van der Waals surface area contributed by atoms with Crippen LogP contribution in [0.1, 0.15) is 0 Å². The zero-order valence-electron chi connectivity index (χ0n) is 5.61. The Balaban J connectivity index is 2.96. The van der Waals surface area contributed by atoms with Crippen molar-refractivity contribution in [3.8, 4) is 0 Å². The summed E-state index contributed by atoms with van der Waals surface area (Å²) in [6.07, 6.45) is 1.58. The third kappa shape index (κ3) is 0.778. The van der Waals surface area contributed by atoms with Crippen molar-refractivity contribution in [2.45, 2.75) is 0 Å². The van der Waals surface area contributed by atoms with Gasteiger partial charge in [-0.15, -0.1) is 5.10 Å². The lowest BCUT2D eigenvalue weighted by Gasteiger charge is -1.89. The minimum absolute atomic E-state index is 0.0614. The SMILES string of the molecule is Nc1n[nH]c2cc(=O)ccn12. The van der Waals surface area contributed by atoms with Crippen LogP contribution in [0.5, 0.6) is 0 Å². The van der Waals surface area contributed by atoms with Gasteiger partial charge in [-0.25, -0.2) is 0 Å². The highest BCUT2D eigenvalue weighted by molar-refractivity contribution is 5.42. The first-order chi connectivity index (χ1) is 5.27. The van der Waals surface area contributed by atoms with Crippen molar-refractivity contribution >= 4 is 11.6 Å². The first-order valence-corrected chi connectivity index (χ1v) is 3.09.